The fourth-order valence-electron chi connectivity index (χ4n) is 2.50. The predicted molar refractivity (Wildman–Crippen MR) is 102 cm³/mol. The molecule has 27 heavy (non-hydrogen) atoms. The van der Waals surface area contributed by atoms with Gasteiger partial charge in [0.2, 0.25) is 0 Å². The lowest BCUT2D eigenvalue weighted by Crippen LogP contribution is -2.24. The molecule has 0 radical (unpaired) electrons. The van der Waals surface area contributed by atoms with Gasteiger partial charge in [0.05, 0.1) is 22.0 Å². The summed E-state index contributed by atoms with van der Waals surface area (Å²) in [4.78, 5) is 0.113. The summed E-state index contributed by atoms with van der Waals surface area (Å²) in [5, 5.41) is 0. The average Bonchev–Trinajstić information content (AvgIpc) is 2.54. The highest BCUT2D eigenvalue weighted by Gasteiger charge is 2.24. The first-order chi connectivity index (χ1) is 12.5. The van der Waals surface area contributed by atoms with Gasteiger partial charge in [-0.25, -0.2) is 0 Å². The molecule has 0 N–H and O–H groups in total. The van der Waals surface area contributed by atoms with Crippen molar-refractivity contribution in [1.82, 2.24) is 0 Å². The summed E-state index contributed by atoms with van der Waals surface area (Å²) in [5.41, 5.74) is 1.87. The number of aryl methyl sites for hydroxylation is 2. The van der Waals surface area contributed by atoms with E-state index >= 15 is 0 Å². The molecule has 2 aromatic carbocycles. The molecule has 2 aromatic rings. The van der Waals surface area contributed by atoms with E-state index in [9.17, 15) is 16.8 Å². The van der Waals surface area contributed by atoms with Crippen LogP contribution in [0.5, 0.6) is 0 Å². The van der Waals surface area contributed by atoms with Crippen LogP contribution in [-0.4, -0.2) is 29.0 Å². The van der Waals surface area contributed by atoms with Gasteiger partial charge in [0.1, 0.15) is 0 Å². The molecule has 6 nitrogen and oxygen atoms in total. The Hall–Kier alpha value is -1.74. The highest BCUT2D eigenvalue weighted by atomic mass is 32.2. The molecule has 0 aliphatic heterocycles. The van der Waals surface area contributed by atoms with E-state index in [-0.39, 0.29) is 16.2 Å². The Bertz CT molecular complexity index is 880. The van der Waals surface area contributed by atoms with Crippen molar-refractivity contribution in [2.45, 2.75) is 56.1 Å². The van der Waals surface area contributed by atoms with Gasteiger partial charge in [-0.1, -0.05) is 35.4 Å². The molecule has 0 saturated heterocycles. The molecular weight excluding hydrogens is 388 g/mol. The Morgan fingerprint density at radius 2 is 0.963 bits per heavy atom. The van der Waals surface area contributed by atoms with Crippen LogP contribution in [0.15, 0.2) is 58.3 Å². The molecule has 0 aliphatic carbocycles. The summed E-state index contributed by atoms with van der Waals surface area (Å²) in [6.07, 6.45) is -1.41. The van der Waals surface area contributed by atoms with E-state index < -0.39 is 32.4 Å². The second-order valence-electron chi connectivity index (χ2n) is 6.58. The van der Waals surface area contributed by atoms with Crippen LogP contribution in [0.1, 0.15) is 31.4 Å². The summed E-state index contributed by atoms with van der Waals surface area (Å²) in [6, 6.07) is 12.6. The quantitative estimate of drug-likeness (QED) is 0.616. The van der Waals surface area contributed by atoms with Gasteiger partial charge in [-0.05, 0) is 52.0 Å². The molecule has 0 fully saturated rings. The highest BCUT2D eigenvalue weighted by molar-refractivity contribution is 7.87. The van der Waals surface area contributed by atoms with Crippen molar-refractivity contribution >= 4 is 20.2 Å². The first-order valence-corrected chi connectivity index (χ1v) is 11.3. The van der Waals surface area contributed by atoms with E-state index in [0.717, 1.165) is 11.1 Å². The molecule has 0 aromatic heterocycles. The lowest BCUT2D eigenvalue weighted by atomic mass is 10.2. The topological polar surface area (TPSA) is 86.7 Å². The Kier molecular flexibility index (Phi) is 6.80. The number of rotatable bonds is 8. The summed E-state index contributed by atoms with van der Waals surface area (Å²) < 4.78 is 59.5. The van der Waals surface area contributed by atoms with Gasteiger partial charge < -0.3 is 0 Å². The predicted octanol–water partition coefficient (Wildman–Crippen LogP) is 3.58. The number of hydrogen-bond donors (Lipinski definition) is 0. The van der Waals surface area contributed by atoms with Crippen LogP contribution in [-0.2, 0) is 28.6 Å². The Morgan fingerprint density at radius 3 is 1.26 bits per heavy atom. The average molecular weight is 413 g/mol. The minimum atomic E-state index is -3.93. The molecule has 2 rings (SSSR count). The fourth-order valence-corrected chi connectivity index (χ4v) is 4.68. The van der Waals surface area contributed by atoms with Crippen LogP contribution in [0.4, 0.5) is 0 Å². The Morgan fingerprint density at radius 1 is 0.667 bits per heavy atom. The standard InChI is InChI=1S/C19H24O6S2/c1-14-5-9-18(10-6-14)26(20,21)24-16(3)13-17(4)25-27(22,23)19-11-7-15(2)8-12-19/h5-12,16-17H,13H2,1-4H3. The molecule has 2 unspecified atom stereocenters. The second kappa shape index (κ2) is 8.52. The van der Waals surface area contributed by atoms with E-state index in [2.05, 4.69) is 0 Å². The first-order valence-electron chi connectivity index (χ1n) is 8.49. The third kappa shape index (κ3) is 6.14. The SMILES string of the molecule is Cc1ccc(S(=O)(=O)OC(C)CC(C)OS(=O)(=O)c2ccc(C)cc2)cc1. The van der Waals surface area contributed by atoms with E-state index in [1.54, 1.807) is 38.1 Å². The maximum atomic E-state index is 12.3. The lowest BCUT2D eigenvalue weighted by Gasteiger charge is -2.18. The fraction of sp³-hybridized carbons (Fsp3) is 0.368. The largest absolute Gasteiger partial charge is 0.297 e. The van der Waals surface area contributed by atoms with Crippen LogP contribution >= 0.6 is 0 Å². The van der Waals surface area contributed by atoms with E-state index in [1.165, 1.54) is 24.3 Å². The molecule has 0 aliphatic rings. The highest BCUT2D eigenvalue weighted by Crippen LogP contribution is 2.20. The molecule has 0 amide bonds. The van der Waals surface area contributed by atoms with Crippen LogP contribution < -0.4 is 0 Å². The van der Waals surface area contributed by atoms with Gasteiger partial charge in [0.25, 0.3) is 20.2 Å². The Balaban J connectivity index is 1.99. The van der Waals surface area contributed by atoms with Crippen LogP contribution in [0.25, 0.3) is 0 Å². The molecular formula is C19H24O6S2. The summed E-state index contributed by atoms with van der Waals surface area (Å²) in [5.74, 6) is 0. The van der Waals surface area contributed by atoms with Crippen LogP contribution in [0.2, 0.25) is 0 Å². The van der Waals surface area contributed by atoms with Crippen molar-refractivity contribution < 1.29 is 25.2 Å². The first kappa shape index (κ1) is 21.6. The summed E-state index contributed by atoms with van der Waals surface area (Å²) in [6.45, 7) is 6.83. The van der Waals surface area contributed by atoms with Gasteiger partial charge in [-0.3, -0.25) is 8.37 Å². The molecule has 148 valence electrons. The van der Waals surface area contributed by atoms with Gasteiger partial charge in [-0.2, -0.15) is 16.8 Å². The number of hydrogen-bond acceptors (Lipinski definition) is 6. The summed E-state index contributed by atoms with van der Waals surface area (Å²) in [7, 11) is -7.86. The molecule has 0 saturated carbocycles. The molecule has 0 bridgehead atoms. The molecule has 2 atom stereocenters. The normalized spacial score (nSPS) is 14.7. The monoisotopic (exact) mass is 412 g/mol. The van der Waals surface area contributed by atoms with Crippen molar-refractivity contribution in [1.29, 1.82) is 0 Å². The molecule has 0 spiro atoms. The van der Waals surface area contributed by atoms with E-state index in [4.69, 9.17) is 8.37 Å². The number of benzene rings is 2. The van der Waals surface area contributed by atoms with E-state index in [1.807, 2.05) is 13.8 Å². The van der Waals surface area contributed by atoms with Crippen molar-refractivity contribution in [2.75, 3.05) is 0 Å². The van der Waals surface area contributed by atoms with Gasteiger partial charge in [0.15, 0.2) is 0 Å². The van der Waals surface area contributed by atoms with Crippen molar-refractivity contribution in [2.24, 2.45) is 0 Å². The second-order valence-corrected chi connectivity index (χ2v) is 9.73. The van der Waals surface area contributed by atoms with Crippen molar-refractivity contribution in [3.05, 3.63) is 59.7 Å². The van der Waals surface area contributed by atoms with Gasteiger partial charge >= 0.3 is 0 Å². The zero-order valence-corrected chi connectivity index (χ0v) is 17.4. The van der Waals surface area contributed by atoms with Gasteiger partial charge in [-0.15, -0.1) is 0 Å². The third-order valence-corrected chi connectivity index (χ3v) is 6.73. The zero-order chi connectivity index (χ0) is 20.2. The van der Waals surface area contributed by atoms with Crippen molar-refractivity contribution in [3.63, 3.8) is 0 Å². The van der Waals surface area contributed by atoms with Crippen LogP contribution in [0.3, 0.4) is 0 Å². The van der Waals surface area contributed by atoms with Crippen molar-refractivity contribution in [3.8, 4) is 0 Å². The third-order valence-electron chi connectivity index (χ3n) is 3.87. The lowest BCUT2D eigenvalue weighted by molar-refractivity contribution is 0.140. The maximum Gasteiger partial charge on any atom is 0.297 e. The minimum Gasteiger partial charge on any atom is -0.263 e. The molecule has 8 heteroatoms. The minimum absolute atomic E-state index is 0.0563. The zero-order valence-electron chi connectivity index (χ0n) is 15.7. The summed E-state index contributed by atoms with van der Waals surface area (Å²) >= 11 is 0. The smallest absolute Gasteiger partial charge is 0.263 e. The molecule has 0 heterocycles. The van der Waals surface area contributed by atoms with E-state index in [0.29, 0.717) is 0 Å². The van der Waals surface area contributed by atoms with Crippen LogP contribution in [0, 0.1) is 13.8 Å². The Labute approximate surface area is 161 Å². The van der Waals surface area contributed by atoms with Gasteiger partial charge in [0, 0.05) is 6.42 Å². The maximum absolute atomic E-state index is 12.3.